The molecule has 1 aromatic carbocycles. The average Bonchev–Trinajstić information content (AvgIpc) is 3.47. The first-order chi connectivity index (χ1) is 19.1. The second-order valence-corrected chi connectivity index (χ2v) is 12.2. The van der Waals surface area contributed by atoms with Gasteiger partial charge in [-0.25, -0.2) is 9.97 Å². The molecular formula is C31H42N6O3. The quantitative estimate of drug-likeness (QED) is 0.360. The van der Waals surface area contributed by atoms with E-state index < -0.39 is 12.1 Å². The summed E-state index contributed by atoms with van der Waals surface area (Å²) < 4.78 is 1.66. The van der Waals surface area contributed by atoms with Crippen LogP contribution >= 0.6 is 0 Å². The van der Waals surface area contributed by atoms with Gasteiger partial charge in [0, 0.05) is 35.9 Å². The fourth-order valence-electron chi connectivity index (χ4n) is 6.15. The van der Waals surface area contributed by atoms with Crippen molar-refractivity contribution in [2.24, 2.45) is 11.3 Å². The molecule has 5 atom stereocenters. The standard InChI is InChI=1S/C31H42N6O3/c1-6-7-8-9-19(2)34-30(40)27-14-31(5)13-24(31)17-36(27)28(39)18-37-26-11-10-22(23-15-32-21(4)33-16-23)12-25(26)29(35-37)20(3)38/h10-12,15-16,19-20,24,27,38H,6-9,13-14,17-18H2,1-5H3,(H,34,40)/t19-,20?,24-,27-,31-/m0/s1. The van der Waals surface area contributed by atoms with E-state index in [1.54, 1.807) is 28.9 Å². The molecule has 0 radical (unpaired) electrons. The van der Waals surface area contributed by atoms with Crippen LogP contribution in [0, 0.1) is 18.3 Å². The van der Waals surface area contributed by atoms with Gasteiger partial charge in [0.1, 0.15) is 18.4 Å². The summed E-state index contributed by atoms with van der Waals surface area (Å²) in [4.78, 5) is 37.6. The van der Waals surface area contributed by atoms with Crippen molar-refractivity contribution in [3.63, 3.8) is 0 Å². The van der Waals surface area contributed by atoms with Crippen LogP contribution in [0.1, 0.15) is 83.8 Å². The number of nitrogens with zero attached hydrogens (tertiary/aromatic N) is 5. The Morgan fingerprint density at radius 1 is 1.15 bits per heavy atom. The molecule has 1 saturated heterocycles. The van der Waals surface area contributed by atoms with Gasteiger partial charge in [-0.05, 0) is 69.1 Å². The number of amides is 2. The maximum Gasteiger partial charge on any atom is 0.245 e. The number of nitrogens with one attached hydrogen (secondary N) is 1. The van der Waals surface area contributed by atoms with Gasteiger partial charge in [0.25, 0.3) is 0 Å². The minimum Gasteiger partial charge on any atom is -0.387 e. The maximum absolute atomic E-state index is 13.8. The Bertz CT molecular complexity index is 1380. The maximum atomic E-state index is 13.8. The molecule has 2 fully saturated rings. The lowest BCUT2D eigenvalue weighted by molar-refractivity contribution is -0.144. The van der Waals surface area contributed by atoms with Gasteiger partial charge in [0.05, 0.1) is 17.3 Å². The van der Waals surface area contributed by atoms with Crippen LogP contribution in [0.5, 0.6) is 0 Å². The number of hydrogen-bond acceptors (Lipinski definition) is 6. The van der Waals surface area contributed by atoms with Gasteiger partial charge in [0.2, 0.25) is 11.8 Å². The van der Waals surface area contributed by atoms with Gasteiger partial charge in [-0.1, -0.05) is 39.2 Å². The number of aromatic nitrogens is 4. The van der Waals surface area contributed by atoms with Gasteiger partial charge < -0.3 is 15.3 Å². The highest BCUT2D eigenvalue weighted by molar-refractivity contribution is 5.91. The Kier molecular flexibility index (Phi) is 7.95. The Morgan fingerprint density at radius 2 is 1.90 bits per heavy atom. The molecule has 2 amide bonds. The lowest BCUT2D eigenvalue weighted by atomic mass is 9.90. The van der Waals surface area contributed by atoms with Gasteiger partial charge >= 0.3 is 0 Å². The summed E-state index contributed by atoms with van der Waals surface area (Å²) in [6, 6.07) is 5.45. The van der Waals surface area contributed by atoms with Gasteiger partial charge in [-0.15, -0.1) is 0 Å². The van der Waals surface area contributed by atoms with Gasteiger partial charge in [-0.2, -0.15) is 5.10 Å². The molecule has 40 heavy (non-hydrogen) atoms. The molecule has 3 aromatic rings. The number of carbonyl (C=O) groups is 2. The van der Waals surface area contributed by atoms with E-state index in [0.29, 0.717) is 30.4 Å². The van der Waals surface area contributed by atoms with E-state index in [2.05, 4.69) is 41.2 Å². The Labute approximate surface area is 236 Å². The van der Waals surface area contributed by atoms with Crippen LogP contribution in [0.25, 0.3) is 22.0 Å². The molecular weight excluding hydrogens is 504 g/mol. The van der Waals surface area contributed by atoms with E-state index >= 15 is 0 Å². The van der Waals surface area contributed by atoms with E-state index in [1.165, 1.54) is 0 Å². The third-order valence-electron chi connectivity index (χ3n) is 8.82. The van der Waals surface area contributed by atoms with Crippen molar-refractivity contribution in [3.05, 3.63) is 42.1 Å². The van der Waals surface area contributed by atoms with E-state index in [-0.39, 0.29) is 29.8 Å². The Morgan fingerprint density at radius 3 is 2.60 bits per heavy atom. The second-order valence-electron chi connectivity index (χ2n) is 12.2. The van der Waals surface area contributed by atoms with E-state index in [1.807, 2.05) is 25.1 Å². The largest absolute Gasteiger partial charge is 0.387 e. The van der Waals surface area contributed by atoms with Crippen LogP contribution in [0.15, 0.2) is 30.6 Å². The molecule has 1 unspecified atom stereocenters. The third-order valence-corrected chi connectivity index (χ3v) is 8.82. The van der Waals surface area contributed by atoms with Crippen LogP contribution < -0.4 is 5.32 Å². The zero-order valence-corrected chi connectivity index (χ0v) is 24.4. The van der Waals surface area contributed by atoms with Crippen LogP contribution in [0.2, 0.25) is 0 Å². The first kappa shape index (κ1) is 28.2. The SMILES string of the molecule is CCCCC[C@H](C)NC(=O)[C@@H]1C[C@]2(C)C[C@H]2CN1C(=O)Cn1nc(C(C)O)c2cc(-c3cnc(C)nc3)ccc21. The van der Waals surface area contributed by atoms with Crippen molar-refractivity contribution in [1.82, 2.24) is 30.0 Å². The average molecular weight is 547 g/mol. The zero-order valence-electron chi connectivity index (χ0n) is 24.4. The molecule has 0 spiro atoms. The highest BCUT2D eigenvalue weighted by atomic mass is 16.3. The first-order valence-electron chi connectivity index (χ1n) is 14.7. The molecule has 2 N–H and O–H groups in total. The molecule has 214 valence electrons. The number of carbonyl (C=O) groups excluding carboxylic acids is 2. The highest BCUT2D eigenvalue weighted by Gasteiger charge is 2.57. The lowest BCUT2D eigenvalue weighted by Crippen LogP contribution is -2.55. The van der Waals surface area contributed by atoms with Crippen molar-refractivity contribution in [2.45, 2.75) is 97.9 Å². The summed E-state index contributed by atoms with van der Waals surface area (Å²) in [5.41, 5.74) is 3.19. The zero-order chi connectivity index (χ0) is 28.6. The highest BCUT2D eigenvalue weighted by Crippen LogP contribution is 2.59. The molecule has 1 aliphatic carbocycles. The van der Waals surface area contributed by atoms with E-state index in [0.717, 1.165) is 54.1 Å². The topological polar surface area (TPSA) is 113 Å². The fraction of sp³-hybridized carbons (Fsp3) is 0.581. The number of unbranched alkanes of at least 4 members (excludes halogenated alkanes) is 2. The predicted molar refractivity (Wildman–Crippen MR) is 154 cm³/mol. The minimum absolute atomic E-state index is 0.00940. The predicted octanol–water partition coefficient (Wildman–Crippen LogP) is 4.57. The Balaban J connectivity index is 1.38. The smallest absolute Gasteiger partial charge is 0.245 e. The number of fused-ring (bicyclic) bond motifs is 2. The van der Waals surface area contributed by atoms with Crippen molar-refractivity contribution in [3.8, 4) is 11.1 Å². The van der Waals surface area contributed by atoms with E-state index in [4.69, 9.17) is 0 Å². The molecule has 2 aromatic heterocycles. The molecule has 5 rings (SSSR count). The molecule has 9 heteroatoms. The number of piperidine rings is 1. The van der Waals surface area contributed by atoms with Crippen molar-refractivity contribution in [2.75, 3.05) is 6.54 Å². The molecule has 0 bridgehead atoms. The molecule has 3 heterocycles. The molecule has 1 aliphatic heterocycles. The second kappa shape index (κ2) is 11.3. The van der Waals surface area contributed by atoms with Crippen LogP contribution in [-0.2, 0) is 16.1 Å². The van der Waals surface area contributed by atoms with Crippen molar-refractivity contribution >= 4 is 22.7 Å². The first-order valence-corrected chi connectivity index (χ1v) is 14.7. The minimum atomic E-state index is -0.807. The number of benzene rings is 1. The van der Waals surface area contributed by atoms with Gasteiger partial charge in [-0.3, -0.25) is 14.3 Å². The monoisotopic (exact) mass is 546 g/mol. The van der Waals surface area contributed by atoms with Gasteiger partial charge in [0.15, 0.2) is 0 Å². The van der Waals surface area contributed by atoms with Crippen LogP contribution in [0.4, 0.5) is 0 Å². The number of aliphatic hydroxyl groups excluding tert-OH is 1. The summed E-state index contributed by atoms with van der Waals surface area (Å²) in [6.45, 7) is 10.6. The number of aliphatic hydroxyl groups is 1. The lowest BCUT2D eigenvalue weighted by Gasteiger charge is -2.38. The van der Waals surface area contributed by atoms with Crippen molar-refractivity contribution in [1.29, 1.82) is 0 Å². The summed E-state index contributed by atoms with van der Waals surface area (Å²) in [6.07, 6.45) is 8.81. The molecule has 2 aliphatic rings. The number of likely N-dealkylation sites (tertiary alicyclic amines) is 1. The van der Waals surface area contributed by atoms with Crippen molar-refractivity contribution < 1.29 is 14.7 Å². The molecule has 9 nitrogen and oxygen atoms in total. The number of hydrogen-bond donors (Lipinski definition) is 2. The fourth-order valence-corrected chi connectivity index (χ4v) is 6.15. The summed E-state index contributed by atoms with van der Waals surface area (Å²) in [5.74, 6) is 0.960. The number of aryl methyl sites for hydroxylation is 1. The van der Waals surface area contributed by atoms with Crippen LogP contribution in [-0.4, -0.2) is 60.2 Å². The summed E-state index contributed by atoms with van der Waals surface area (Å²) in [7, 11) is 0. The summed E-state index contributed by atoms with van der Waals surface area (Å²) >= 11 is 0. The molecule has 1 saturated carbocycles. The van der Waals surface area contributed by atoms with E-state index in [9.17, 15) is 14.7 Å². The third kappa shape index (κ3) is 5.75. The normalized spacial score (nSPS) is 23.5. The van der Waals surface area contributed by atoms with Crippen LogP contribution in [0.3, 0.4) is 0 Å². The Hall–Kier alpha value is -3.33. The number of rotatable bonds is 10. The summed E-state index contributed by atoms with van der Waals surface area (Å²) in [5, 5.41) is 19.1.